The number of hydrogen-bond donors (Lipinski definition) is 3. The summed E-state index contributed by atoms with van der Waals surface area (Å²) in [5, 5.41) is 18.1. The molecule has 3 heteroatoms. The first-order valence-electron chi connectivity index (χ1n) is 7.48. The first kappa shape index (κ1) is 13.5. The van der Waals surface area contributed by atoms with Gasteiger partial charge < -0.3 is 16.2 Å². The third-order valence-electron chi connectivity index (χ3n) is 4.05. The molecular formula is C20H16N2O. The van der Waals surface area contributed by atoms with Crippen LogP contribution in [0.3, 0.4) is 0 Å². The van der Waals surface area contributed by atoms with Gasteiger partial charge >= 0.3 is 0 Å². The summed E-state index contributed by atoms with van der Waals surface area (Å²) in [6.07, 6.45) is 0. The molecule has 0 saturated heterocycles. The van der Waals surface area contributed by atoms with Gasteiger partial charge in [-0.2, -0.15) is 0 Å². The van der Waals surface area contributed by atoms with Crippen molar-refractivity contribution in [2.45, 2.75) is 0 Å². The van der Waals surface area contributed by atoms with E-state index >= 15 is 0 Å². The smallest absolute Gasteiger partial charge is 0.141 e. The number of phenolic OH excluding ortho intramolecular Hbond substituents is 1. The van der Waals surface area contributed by atoms with Gasteiger partial charge in [0.05, 0.1) is 11.4 Å². The van der Waals surface area contributed by atoms with Crippen LogP contribution in [0, 0.1) is 0 Å². The fourth-order valence-electron chi connectivity index (χ4n) is 2.94. The number of nitrogens with one attached hydrogen (secondary N) is 1. The Bertz CT molecular complexity index is 970. The Morgan fingerprint density at radius 1 is 0.739 bits per heavy atom. The summed E-state index contributed by atoms with van der Waals surface area (Å²) in [4.78, 5) is 0. The van der Waals surface area contributed by atoms with Crippen LogP contribution in [-0.2, 0) is 0 Å². The highest BCUT2D eigenvalue weighted by atomic mass is 16.3. The molecule has 0 saturated carbocycles. The Morgan fingerprint density at radius 2 is 1.35 bits per heavy atom. The van der Waals surface area contributed by atoms with Crippen LogP contribution in [0.2, 0.25) is 0 Å². The van der Waals surface area contributed by atoms with Crippen molar-refractivity contribution in [3.63, 3.8) is 0 Å². The quantitative estimate of drug-likeness (QED) is 0.276. The molecule has 0 aliphatic rings. The van der Waals surface area contributed by atoms with E-state index in [2.05, 4.69) is 35.6 Å². The number of anilines is 3. The van der Waals surface area contributed by atoms with E-state index < -0.39 is 0 Å². The van der Waals surface area contributed by atoms with Crippen LogP contribution in [-0.4, -0.2) is 5.11 Å². The number of hydrogen-bond acceptors (Lipinski definition) is 3. The number of benzene rings is 4. The van der Waals surface area contributed by atoms with Gasteiger partial charge in [0.2, 0.25) is 0 Å². The minimum Gasteiger partial charge on any atom is -0.506 e. The molecule has 0 spiro atoms. The Morgan fingerprint density at radius 3 is 1.96 bits per heavy atom. The van der Waals surface area contributed by atoms with Gasteiger partial charge in [-0.25, -0.2) is 0 Å². The van der Waals surface area contributed by atoms with E-state index in [1.165, 1.54) is 0 Å². The topological polar surface area (TPSA) is 58.3 Å². The predicted molar refractivity (Wildman–Crippen MR) is 97.3 cm³/mol. The zero-order valence-corrected chi connectivity index (χ0v) is 12.5. The molecule has 4 N–H and O–H groups in total. The Balaban J connectivity index is 1.99. The first-order chi connectivity index (χ1) is 11.2. The maximum Gasteiger partial charge on any atom is 0.141 e. The third-order valence-corrected chi connectivity index (χ3v) is 4.05. The molecule has 3 nitrogen and oxygen atoms in total. The van der Waals surface area contributed by atoms with Gasteiger partial charge in [0.15, 0.2) is 0 Å². The van der Waals surface area contributed by atoms with E-state index in [0.29, 0.717) is 11.4 Å². The van der Waals surface area contributed by atoms with Crippen LogP contribution >= 0.6 is 0 Å². The first-order valence-corrected chi connectivity index (χ1v) is 7.48. The molecule has 0 aromatic heterocycles. The lowest BCUT2D eigenvalue weighted by Gasteiger charge is -2.15. The summed E-state index contributed by atoms with van der Waals surface area (Å²) in [7, 11) is 0. The average molecular weight is 300 g/mol. The molecule has 4 aromatic carbocycles. The average Bonchev–Trinajstić information content (AvgIpc) is 2.56. The lowest BCUT2D eigenvalue weighted by molar-refractivity contribution is 0.478. The molecule has 0 aliphatic carbocycles. The van der Waals surface area contributed by atoms with Crippen LogP contribution in [0.4, 0.5) is 17.1 Å². The molecule has 0 heterocycles. The van der Waals surface area contributed by atoms with Gasteiger partial charge in [-0.3, -0.25) is 0 Å². The Kier molecular flexibility index (Phi) is 3.05. The second kappa shape index (κ2) is 5.21. The normalized spacial score (nSPS) is 11.0. The SMILES string of the molecule is Nc1ccc(Nc2c3ccccc3cc3ccccc23)c(O)c1. The van der Waals surface area contributed by atoms with Crippen molar-refractivity contribution in [2.75, 3.05) is 11.1 Å². The molecule has 112 valence electrons. The molecule has 4 aromatic rings. The predicted octanol–water partition coefficient (Wildman–Crippen LogP) is 5.02. The highest BCUT2D eigenvalue weighted by Crippen LogP contribution is 2.37. The van der Waals surface area contributed by atoms with Gasteiger partial charge in [0, 0.05) is 22.5 Å². The summed E-state index contributed by atoms with van der Waals surface area (Å²) in [5.41, 5.74) is 7.88. The van der Waals surface area contributed by atoms with Crippen molar-refractivity contribution in [2.24, 2.45) is 0 Å². The molecule has 0 amide bonds. The van der Waals surface area contributed by atoms with E-state index in [4.69, 9.17) is 5.73 Å². The van der Waals surface area contributed by atoms with E-state index in [-0.39, 0.29) is 5.75 Å². The third kappa shape index (κ3) is 2.32. The molecule has 0 unspecified atom stereocenters. The van der Waals surface area contributed by atoms with E-state index in [1.54, 1.807) is 18.2 Å². The molecule has 23 heavy (non-hydrogen) atoms. The van der Waals surface area contributed by atoms with Gasteiger partial charge in [-0.05, 0) is 29.0 Å². The zero-order valence-electron chi connectivity index (χ0n) is 12.5. The van der Waals surface area contributed by atoms with Crippen LogP contribution in [0.5, 0.6) is 5.75 Å². The largest absolute Gasteiger partial charge is 0.506 e. The number of phenols is 1. The van der Waals surface area contributed by atoms with Gasteiger partial charge in [-0.1, -0.05) is 48.5 Å². The van der Waals surface area contributed by atoms with Crippen molar-refractivity contribution >= 4 is 38.6 Å². The standard InChI is InChI=1S/C20H16N2O/c21-15-9-10-18(19(23)12-15)22-20-16-7-3-1-5-13(16)11-14-6-2-4-8-17(14)20/h1-12,22-23H,21H2. The fourth-order valence-corrected chi connectivity index (χ4v) is 2.94. The second-order valence-electron chi connectivity index (χ2n) is 5.60. The Labute approximate surface area is 134 Å². The number of nitrogen functional groups attached to an aromatic ring is 1. The summed E-state index contributed by atoms with van der Waals surface area (Å²) >= 11 is 0. The molecule has 4 rings (SSSR count). The highest BCUT2D eigenvalue weighted by molar-refractivity contribution is 6.12. The maximum absolute atomic E-state index is 10.2. The summed E-state index contributed by atoms with van der Waals surface area (Å²) in [6, 6.07) is 23.7. The molecule has 0 aliphatic heterocycles. The van der Waals surface area contributed by atoms with E-state index in [0.717, 1.165) is 27.2 Å². The number of nitrogens with two attached hydrogens (primary N) is 1. The lowest BCUT2D eigenvalue weighted by Crippen LogP contribution is -1.95. The molecule has 0 atom stereocenters. The fraction of sp³-hybridized carbons (Fsp3) is 0. The van der Waals surface area contributed by atoms with E-state index in [9.17, 15) is 5.11 Å². The van der Waals surface area contributed by atoms with Gasteiger partial charge in [0.25, 0.3) is 0 Å². The number of rotatable bonds is 2. The van der Waals surface area contributed by atoms with Gasteiger partial charge in [-0.15, -0.1) is 0 Å². The minimum absolute atomic E-state index is 0.141. The van der Waals surface area contributed by atoms with E-state index in [1.807, 2.05) is 24.3 Å². The minimum atomic E-state index is 0.141. The lowest BCUT2D eigenvalue weighted by atomic mass is 10.0. The molecule has 0 radical (unpaired) electrons. The monoisotopic (exact) mass is 300 g/mol. The van der Waals surface area contributed by atoms with Crippen LogP contribution in [0.25, 0.3) is 21.5 Å². The van der Waals surface area contributed by atoms with Crippen LogP contribution < -0.4 is 11.1 Å². The van der Waals surface area contributed by atoms with Gasteiger partial charge in [0.1, 0.15) is 5.75 Å². The molecule has 0 fully saturated rings. The number of fused-ring (bicyclic) bond motifs is 2. The van der Waals surface area contributed by atoms with Crippen LogP contribution in [0.15, 0.2) is 72.8 Å². The summed E-state index contributed by atoms with van der Waals surface area (Å²) < 4.78 is 0. The van der Waals surface area contributed by atoms with Crippen LogP contribution in [0.1, 0.15) is 0 Å². The summed E-state index contributed by atoms with van der Waals surface area (Å²) in [6.45, 7) is 0. The van der Waals surface area contributed by atoms with Crippen molar-refractivity contribution in [1.29, 1.82) is 0 Å². The van der Waals surface area contributed by atoms with Crippen molar-refractivity contribution in [1.82, 2.24) is 0 Å². The van der Waals surface area contributed by atoms with Crippen molar-refractivity contribution in [3.05, 3.63) is 72.8 Å². The second-order valence-corrected chi connectivity index (χ2v) is 5.60. The molecular weight excluding hydrogens is 284 g/mol. The highest BCUT2D eigenvalue weighted by Gasteiger charge is 2.09. The zero-order chi connectivity index (χ0) is 15.8. The van der Waals surface area contributed by atoms with Crippen molar-refractivity contribution < 1.29 is 5.11 Å². The Hall–Kier alpha value is -3.20. The van der Waals surface area contributed by atoms with Crippen molar-refractivity contribution in [3.8, 4) is 5.75 Å². The summed E-state index contributed by atoms with van der Waals surface area (Å²) in [5.74, 6) is 0.141. The maximum atomic E-state index is 10.2. The number of aromatic hydroxyl groups is 1. The molecule has 0 bridgehead atoms.